The van der Waals surface area contributed by atoms with Crippen molar-refractivity contribution in [2.45, 2.75) is 46.2 Å². The second kappa shape index (κ2) is 8.72. The minimum absolute atomic E-state index is 0.0445. The van der Waals surface area contributed by atoms with Gasteiger partial charge >= 0.3 is 0 Å². The molecule has 0 heterocycles. The Labute approximate surface area is 86.0 Å². The average Bonchev–Trinajstić information content (AvgIpc) is 2.14. The summed E-state index contributed by atoms with van der Waals surface area (Å²) in [4.78, 5) is 6.14. The smallest absolute Gasteiger partial charge is 0.0917 e. The Kier molecular flexibility index (Phi) is 8.81. The van der Waals surface area contributed by atoms with Crippen LogP contribution in [0.2, 0.25) is 6.04 Å². The van der Waals surface area contributed by atoms with E-state index in [2.05, 4.69) is 37.6 Å². The Hall–Kier alpha value is 0.137. The zero-order valence-corrected chi connectivity index (χ0v) is 11.2. The first-order chi connectivity index (χ1) is 6.26. The van der Waals surface area contributed by atoms with E-state index >= 15 is 0 Å². The molecule has 0 radical (unpaired) electrons. The van der Waals surface area contributed by atoms with Crippen molar-refractivity contribution in [3.63, 3.8) is 0 Å². The van der Waals surface area contributed by atoms with Gasteiger partial charge in [0.2, 0.25) is 0 Å². The van der Waals surface area contributed by atoms with E-state index in [9.17, 15) is 0 Å². The lowest BCUT2D eigenvalue weighted by atomic mass is 10.3. The first kappa shape index (κ1) is 13.1. The van der Waals surface area contributed by atoms with Crippen LogP contribution in [0.25, 0.3) is 0 Å². The monoisotopic (exact) mass is 202 g/mol. The molecule has 0 bridgehead atoms. The van der Waals surface area contributed by atoms with Gasteiger partial charge in [-0.1, -0.05) is 33.2 Å². The minimum Gasteiger partial charge on any atom is -0.341 e. The molecule has 0 aromatic heterocycles. The number of nitrogens with one attached hydrogen (secondary N) is 1. The highest BCUT2D eigenvalue weighted by Gasteiger charge is 2.08. The molecule has 13 heavy (non-hydrogen) atoms. The van der Waals surface area contributed by atoms with Crippen molar-refractivity contribution < 1.29 is 0 Å². The van der Waals surface area contributed by atoms with E-state index in [1.165, 1.54) is 32.1 Å². The van der Waals surface area contributed by atoms with Gasteiger partial charge in [-0.15, -0.1) is 0 Å². The normalized spacial score (nSPS) is 14.5. The summed E-state index contributed by atoms with van der Waals surface area (Å²) in [7, 11) is 0.0445. The highest BCUT2D eigenvalue weighted by Crippen LogP contribution is 1.96. The fourth-order valence-electron chi connectivity index (χ4n) is 1.59. The summed E-state index contributed by atoms with van der Waals surface area (Å²) in [5, 5.41) is 0. The van der Waals surface area contributed by atoms with Crippen LogP contribution in [0.3, 0.4) is 0 Å². The fourth-order valence-corrected chi connectivity index (χ4v) is 2.81. The van der Waals surface area contributed by atoms with Crippen molar-refractivity contribution in [3.8, 4) is 0 Å². The molecule has 3 heteroatoms. The second-order valence-corrected chi connectivity index (χ2v) is 5.34. The SMILES string of the molecule is CCC[SiH2]NCC(C)N(CC)CC. The molecule has 1 atom stereocenters. The fraction of sp³-hybridized carbons (Fsp3) is 1.00. The Morgan fingerprint density at radius 3 is 2.31 bits per heavy atom. The molecule has 1 N–H and O–H groups in total. The number of rotatable bonds is 8. The Balaban J connectivity index is 3.42. The van der Waals surface area contributed by atoms with E-state index in [-0.39, 0.29) is 9.68 Å². The molecule has 0 saturated heterocycles. The standard InChI is InChI=1S/C10H26N2Si/c1-5-8-13-11-9-10(4)12(6-2)7-3/h10-11H,5-9,13H2,1-4H3. The molecule has 0 rings (SSSR count). The molecular formula is C10H26N2Si. The van der Waals surface area contributed by atoms with Crippen molar-refractivity contribution in [1.82, 2.24) is 9.88 Å². The average molecular weight is 202 g/mol. The van der Waals surface area contributed by atoms with Gasteiger partial charge in [-0.3, -0.25) is 4.90 Å². The van der Waals surface area contributed by atoms with E-state index in [0.717, 1.165) is 0 Å². The van der Waals surface area contributed by atoms with Crippen LogP contribution >= 0.6 is 0 Å². The van der Waals surface area contributed by atoms with Gasteiger partial charge < -0.3 is 4.98 Å². The zero-order valence-electron chi connectivity index (χ0n) is 9.77. The van der Waals surface area contributed by atoms with Crippen LogP contribution in [0.5, 0.6) is 0 Å². The van der Waals surface area contributed by atoms with E-state index in [4.69, 9.17) is 0 Å². The summed E-state index contributed by atoms with van der Waals surface area (Å²) < 4.78 is 0. The first-order valence-electron chi connectivity index (χ1n) is 5.70. The predicted molar refractivity (Wildman–Crippen MR) is 64.0 cm³/mol. The largest absolute Gasteiger partial charge is 0.341 e. The highest BCUT2D eigenvalue weighted by atomic mass is 28.2. The summed E-state index contributed by atoms with van der Waals surface area (Å²) in [5.74, 6) is 0. The molecule has 80 valence electrons. The van der Waals surface area contributed by atoms with Crippen LogP contribution in [0.15, 0.2) is 0 Å². The molecule has 0 aromatic rings. The number of hydrogen-bond donors (Lipinski definition) is 1. The van der Waals surface area contributed by atoms with Crippen molar-refractivity contribution in [1.29, 1.82) is 0 Å². The molecule has 0 spiro atoms. The quantitative estimate of drug-likeness (QED) is 0.470. The Bertz CT molecular complexity index is 105. The van der Waals surface area contributed by atoms with Crippen molar-refractivity contribution in [2.24, 2.45) is 0 Å². The zero-order chi connectivity index (χ0) is 10.1. The van der Waals surface area contributed by atoms with Crippen LogP contribution in [0, 0.1) is 0 Å². The van der Waals surface area contributed by atoms with Gasteiger partial charge in [0.15, 0.2) is 0 Å². The lowest BCUT2D eigenvalue weighted by Crippen LogP contribution is -2.41. The van der Waals surface area contributed by atoms with Crippen LogP contribution in [0.1, 0.15) is 34.1 Å². The van der Waals surface area contributed by atoms with Crippen molar-refractivity contribution in [2.75, 3.05) is 19.6 Å². The van der Waals surface area contributed by atoms with Crippen LogP contribution < -0.4 is 4.98 Å². The number of nitrogens with zero attached hydrogens (tertiary/aromatic N) is 1. The topological polar surface area (TPSA) is 15.3 Å². The van der Waals surface area contributed by atoms with E-state index in [1.807, 2.05) is 0 Å². The Morgan fingerprint density at radius 1 is 1.23 bits per heavy atom. The molecule has 0 aliphatic heterocycles. The molecule has 2 nitrogen and oxygen atoms in total. The minimum atomic E-state index is 0.0445. The third kappa shape index (κ3) is 6.24. The molecule has 0 aromatic carbocycles. The molecule has 0 aliphatic rings. The van der Waals surface area contributed by atoms with Gasteiger partial charge in [0.25, 0.3) is 0 Å². The maximum absolute atomic E-state index is 3.63. The summed E-state index contributed by atoms with van der Waals surface area (Å²) >= 11 is 0. The predicted octanol–water partition coefficient (Wildman–Crippen LogP) is 1.22. The first-order valence-corrected chi connectivity index (χ1v) is 7.41. The maximum Gasteiger partial charge on any atom is 0.0917 e. The highest BCUT2D eigenvalue weighted by molar-refractivity contribution is 6.32. The second-order valence-electron chi connectivity index (χ2n) is 3.63. The summed E-state index contributed by atoms with van der Waals surface area (Å²) in [6.07, 6.45) is 1.35. The van der Waals surface area contributed by atoms with Crippen LogP contribution in [0.4, 0.5) is 0 Å². The van der Waals surface area contributed by atoms with E-state index in [0.29, 0.717) is 6.04 Å². The number of hydrogen-bond acceptors (Lipinski definition) is 2. The molecule has 0 saturated carbocycles. The van der Waals surface area contributed by atoms with Gasteiger partial charge in [-0.2, -0.15) is 0 Å². The molecule has 1 unspecified atom stereocenters. The van der Waals surface area contributed by atoms with Crippen molar-refractivity contribution >= 4 is 9.68 Å². The molecule has 0 aliphatic carbocycles. The molecular weight excluding hydrogens is 176 g/mol. The lowest BCUT2D eigenvalue weighted by molar-refractivity contribution is 0.232. The van der Waals surface area contributed by atoms with Gasteiger partial charge in [-0.05, 0) is 20.0 Å². The van der Waals surface area contributed by atoms with E-state index in [1.54, 1.807) is 0 Å². The van der Waals surface area contributed by atoms with Crippen LogP contribution in [-0.2, 0) is 0 Å². The van der Waals surface area contributed by atoms with Gasteiger partial charge in [0.1, 0.15) is 0 Å². The van der Waals surface area contributed by atoms with Gasteiger partial charge in [-0.25, -0.2) is 0 Å². The summed E-state index contributed by atoms with van der Waals surface area (Å²) in [6, 6.07) is 2.14. The van der Waals surface area contributed by atoms with Gasteiger partial charge in [0.05, 0.1) is 9.68 Å². The van der Waals surface area contributed by atoms with Crippen molar-refractivity contribution in [3.05, 3.63) is 0 Å². The maximum atomic E-state index is 3.63. The lowest BCUT2D eigenvalue weighted by Gasteiger charge is -2.26. The molecule has 0 fully saturated rings. The molecule has 0 amide bonds. The summed E-state index contributed by atoms with van der Waals surface area (Å²) in [5.41, 5.74) is 0. The third-order valence-corrected chi connectivity index (χ3v) is 4.29. The van der Waals surface area contributed by atoms with Crippen LogP contribution in [-0.4, -0.2) is 40.3 Å². The third-order valence-electron chi connectivity index (χ3n) is 2.58. The summed E-state index contributed by atoms with van der Waals surface area (Å²) in [6.45, 7) is 12.6. The number of likely N-dealkylation sites (N-methyl/N-ethyl adjacent to an activating group) is 1. The van der Waals surface area contributed by atoms with E-state index < -0.39 is 0 Å². The Morgan fingerprint density at radius 2 is 1.85 bits per heavy atom. The van der Waals surface area contributed by atoms with Gasteiger partial charge in [0, 0.05) is 12.6 Å².